The quantitative estimate of drug-likeness (QED) is 0.671. The monoisotopic (exact) mass is 382 g/mol. The largest absolute Gasteiger partial charge is 0.497 e. The number of fused-ring (bicyclic) bond motifs is 1. The number of aromatic nitrogens is 5. The zero-order chi connectivity index (χ0) is 20.1. The summed E-state index contributed by atoms with van der Waals surface area (Å²) in [6, 6.07) is 3.71. The molecule has 4 rings (SSSR count). The molecule has 0 aliphatic carbocycles. The Morgan fingerprint density at radius 1 is 1.11 bits per heavy atom. The molecule has 1 aliphatic rings. The third-order valence-electron chi connectivity index (χ3n) is 5.32. The van der Waals surface area contributed by atoms with Crippen molar-refractivity contribution in [2.24, 2.45) is 7.05 Å². The lowest BCUT2D eigenvalue weighted by atomic mass is 9.77. The van der Waals surface area contributed by atoms with Crippen molar-refractivity contribution < 1.29 is 14.0 Å². The first-order valence-electron chi connectivity index (χ1n) is 9.04. The maximum Gasteiger partial charge on any atom is 0.497 e. The fraction of sp³-hybridized carbons (Fsp3) is 0.444. The van der Waals surface area contributed by atoms with E-state index in [1.165, 1.54) is 6.33 Å². The van der Waals surface area contributed by atoms with Crippen molar-refractivity contribution >= 4 is 29.3 Å². The summed E-state index contributed by atoms with van der Waals surface area (Å²) in [5.74, 6) is 1.45. The van der Waals surface area contributed by atoms with E-state index in [-0.39, 0.29) is 6.61 Å². The van der Waals surface area contributed by atoms with Gasteiger partial charge in [0.25, 0.3) is 0 Å². The Kier molecular flexibility index (Phi) is 4.27. The van der Waals surface area contributed by atoms with E-state index in [2.05, 4.69) is 20.1 Å². The van der Waals surface area contributed by atoms with E-state index >= 15 is 0 Å². The summed E-state index contributed by atoms with van der Waals surface area (Å²) < 4.78 is 19.9. The van der Waals surface area contributed by atoms with Gasteiger partial charge in [-0.15, -0.1) is 0 Å². The molecular weight excluding hydrogens is 359 g/mol. The van der Waals surface area contributed by atoms with Crippen LogP contribution in [0, 0.1) is 0 Å². The van der Waals surface area contributed by atoms with Gasteiger partial charge in [-0.1, -0.05) is 6.07 Å². The Hall–Kier alpha value is -2.72. The first kappa shape index (κ1) is 18.6. The second kappa shape index (κ2) is 6.42. The van der Waals surface area contributed by atoms with Crippen LogP contribution in [0.5, 0.6) is 5.75 Å². The molecule has 10 heteroatoms. The highest BCUT2D eigenvalue weighted by Gasteiger charge is 2.52. The number of ether oxygens (including phenoxy) is 1. The molecule has 0 saturated carbocycles. The van der Waals surface area contributed by atoms with Gasteiger partial charge >= 0.3 is 7.12 Å². The molecular formula is C18H23BN6O3. The second-order valence-corrected chi connectivity index (χ2v) is 7.85. The lowest BCUT2D eigenvalue weighted by Crippen LogP contribution is -2.41. The molecule has 0 atom stereocenters. The molecule has 0 amide bonds. The van der Waals surface area contributed by atoms with Crippen LogP contribution in [0.1, 0.15) is 33.5 Å². The number of hydrogen-bond donors (Lipinski definition) is 1. The molecule has 1 aromatic carbocycles. The topological polar surface area (TPSA) is 110 Å². The maximum atomic E-state index is 6.18. The van der Waals surface area contributed by atoms with Gasteiger partial charge < -0.3 is 19.8 Å². The fourth-order valence-electron chi connectivity index (χ4n) is 3.06. The number of nitrogens with zero attached hydrogens (tertiary/aromatic N) is 5. The molecule has 0 bridgehead atoms. The predicted molar refractivity (Wildman–Crippen MR) is 105 cm³/mol. The molecule has 1 aliphatic heterocycles. The van der Waals surface area contributed by atoms with Crippen LogP contribution < -0.4 is 15.9 Å². The van der Waals surface area contributed by atoms with Crippen LogP contribution in [-0.2, 0) is 23.0 Å². The van der Waals surface area contributed by atoms with E-state index in [4.69, 9.17) is 19.8 Å². The normalized spacial score (nSPS) is 18.0. The Bertz CT molecular complexity index is 1020. The molecule has 0 spiro atoms. The smallest absolute Gasteiger partial charge is 0.485 e. The van der Waals surface area contributed by atoms with Gasteiger partial charge in [0, 0.05) is 12.5 Å². The van der Waals surface area contributed by atoms with E-state index in [0.717, 1.165) is 5.46 Å². The Labute approximate surface area is 163 Å². The standard InChI is InChI=1S/C18H23BN6O3/c1-17(2)18(3,4)28-19(27-17)11-6-7-12(14-15(11)21-9-22-16(14)20)26-8-13-23-10-25(5)24-13/h6-7,9-10H,8H2,1-5H3,(H2,20,21,22). The van der Waals surface area contributed by atoms with Crippen molar-refractivity contribution in [3.8, 4) is 5.75 Å². The first-order chi connectivity index (χ1) is 13.2. The van der Waals surface area contributed by atoms with Crippen LogP contribution in [0.4, 0.5) is 5.82 Å². The molecule has 9 nitrogen and oxygen atoms in total. The average Bonchev–Trinajstić information content (AvgIpc) is 3.12. The number of nitrogens with two attached hydrogens (primary N) is 1. The maximum absolute atomic E-state index is 6.18. The van der Waals surface area contributed by atoms with Gasteiger partial charge in [0.15, 0.2) is 5.82 Å². The molecule has 3 heterocycles. The summed E-state index contributed by atoms with van der Waals surface area (Å²) in [6.45, 7) is 8.25. The summed E-state index contributed by atoms with van der Waals surface area (Å²) in [4.78, 5) is 12.7. The molecule has 28 heavy (non-hydrogen) atoms. The van der Waals surface area contributed by atoms with Crippen LogP contribution in [0.3, 0.4) is 0 Å². The van der Waals surface area contributed by atoms with E-state index in [1.807, 2.05) is 39.8 Å². The van der Waals surface area contributed by atoms with Crippen LogP contribution in [-0.4, -0.2) is 43.1 Å². The first-order valence-corrected chi connectivity index (χ1v) is 9.04. The number of nitrogen functional groups attached to an aromatic ring is 1. The summed E-state index contributed by atoms with van der Waals surface area (Å²) in [6.07, 6.45) is 3.05. The summed E-state index contributed by atoms with van der Waals surface area (Å²) in [7, 11) is 1.24. The number of benzene rings is 1. The Balaban J connectivity index is 1.72. The SMILES string of the molecule is Cn1cnc(COc2ccc(B3OC(C)(C)C(C)(C)O3)c3ncnc(N)c23)n1. The van der Waals surface area contributed by atoms with Crippen molar-refractivity contribution in [1.29, 1.82) is 0 Å². The molecule has 3 aromatic rings. The van der Waals surface area contributed by atoms with Crippen molar-refractivity contribution in [1.82, 2.24) is 24.7 Å². The van der Waals surface area contributed by atoms with Gasteiger partial charge in [-0.25, -0.2) is 15.0 Å². The van der Waals surface area contributed by atoms with Crippen LogP contribution in [0.2, 0.25) is 0 Å². The third-order valence-corrected chi connectivity index (χ3v) is 5.32. The fourth-order valence-corrected chi connectivity index (χ4v) is 3.06. The lowest BCUT2D eigenvalue weighted by Gasteiger charge is -2.32. The van der Waals surface area contributed by atoms with Crippen molar-refractivity contribution in [2.45, 2.75) is 45.5 Å². The summed E-state index contributed by atoms with van der Waals surface area (Å²) in [5.41, 5.74) is 6.66. The lowest BCUT2D eigenvalue weighted by molar-refractivity contribution is 0.00578. The molecule has 1 saturated heterocycles. The van der Waals surface area contributed by atoms with E-state index in [0.29, 0.717) is 28.3 Å². The van der Waals surface area contributed by atoms with Crippen molar-refractivity contribution in [3.63, 3.8) is 0 Å². The molecule has 2 N–H and O–H groups in total. The summed E-state index contributed by atoms with van der Waals surface area (Å²) >= 11 is 0. The van der Waals surface area contributed by atoms with Crippen LogP contribution in [0.15, 0.2) is 24.8 Å². The highest BCUT2D eigenvalue weighted by molar-refractivity contribution is 6.65. The van der Waals surface area contributed by atoms with Gasteiger partial charge in [-0.05, 0) is 33.8 Å². The van der Waals surface area contributed by atoms with Crippen molar-refractivity contribution in [2.75, 3.05) is 5.73 Å². The van der Waals surface area contributed by atoms with Gasteiger partial charge in [0.2, 0.25) is 0 Å². The number of hydrogen-bond acceptors (Lipinski definition) is 8. The molecule has 0 unspecified atom stereocenters. The highest BCUT2D eigenvalue weighted by atomic mass is 16.7. The van der Waals surface area contributed by atoms with Crippen LogP contribution >= 0.6 is 0 Å². The van der Waals surface area contributed by atoms with Gasteiger partial charge in [-0.3, -0.25) is 4.68 Å². The third kappa shape index (κ3) is 3.08. The molecule has 1 fully saturated rings. The van der Waals surface area contributed by atoms with Crippen LogP contribution in [0.25, 0.3) is 10.9 Å². The zero-order valence-electron chi connectivity index (χ0n) is 16.6. The molecule has 146 valence electrons. The van der Waals surface area contributed by atoms with Gasteiger partial charge in [0.1, 0.15) is 30.8 Å². The molecule has 2 aromatic heterocycles. The van der Waals surface area contributed by atoms with E-state index in [9.17, 15) is 0 Å². The predicted octanol–water partition coefficient (Wildman–Crippen LogP) is 1.22. The Morgan fingerprint density at radius 2 is 1.82 bits per heavy atom. The zero-order valence-corrected chi connectivity index (χ0v) is 16.6. The minimum absolute atomic E-state index is 0.208. The van der Waals surface area contributed by atoms with Gasteiger partial charge in [-0.2, -0.15) is 5.10 Å². The number of aryl methyl sites for hydroxylation is 1. The van der Waals surface area contributed by atoms with E-state index < -0.39 is 18.3 Å². The molecule has 0 radical (unpaired) electrons. The minimum atomic E-state index is -0.562. The number of rotatable bonds is 4. The minimum Gasteiger partial charge on any atom is -0.485 e. The summed E-state index contributed by atoms with van der Waals surface area (Å²) in [5, 5.41) is 4.84. The Morgan fingerprint density at radius 3 is 2.46 bits per heavy atom. The average molecular weight is 382 g/mol. The number of anilines is 1. The van der Waals surface area contributed by atoms with E-state index in [1.54, 1.807) is 18.1 Å². The van der Waals surface area contributed by atoms with Gasteiger partial charge in [0.05, 0.1) is 22.1 Å². The highest BCUT2D eigenvalue weighted by Crippen LogP contribution is 2.37. The van der Waals surface area contributed by atoms with Crippen molar-refractivity contribution in [3.05, 3.63) is 30.6 Å². The second-order valence-electron chi connectivity index (χ2n) is 7.85.